The molecular formula is C21H27FN4O4S2. The van der Waals surface area contributed by atoms with E-state index in [2.05, 4.69) is 15.6 Å². The lowest BCUT2D eigenvalue weighted by atomic mass is 9.95. The number of amides is 2. The summed E-state index contributed by atoms with van der Waals surface area (Å²) < 4.78 is 40.3. The molecule has 3 rings (SSSR count). The Kier molecular flexibility index (Phi) is 7.96. The zero-order valence-electron chi connectivity index (χ0n) is 18.0. The molecule has 0 saturated carbocycles. The minimum Gasteiger partial charge on any atom is -0.344 e. The van der Waals surface area contributed by atoms with E-state index in [-0.39, 0.29) is 35.7 Å². The average molecular weight is 483 g/mol. The van der Waals surface area contributed by atoms with Crippen molar-refractivity contribution >= 4 is 38.3 Å². The van der Waals surface area contributed by atoms with Crippen molar-refractivity contribution in [3.05, 3.63) is 41.7 Å². The molecule has 1 fully saturated rings. The van der Waals surface area contributed by atoms with E-state index in [1.165, 1.54) is 27.8 Å². The predicted molar refractivity (Wildman–Crippen MR) is 120 cm³/mol. The van der Waals surface area contributed by atoms with E-state index in [1.807, 2.05) is 13.8 Å². The number of sulfonamides is 1. The van der Waals surface area contributed by atoms with Gasteiger partial charge in [0.15, 0.2) is 5.13 Å². The van der Waals surface area contributed by atoms with Gasteiger partial charge in [-0.3, -0.25) is 9.59 Å². The molecule has 0 aliphatic carbocycles. The summed E-state index contributed by atoms with van der Waals surface area (Å²) in [4.78, 5) is 29.8. The maximum Gasteiger partial charge on any atom is 0.249 e. The summed E-state index contributed by atoms with van der Waals surface area (Å²) in [5.74, 6) is -1.94. The molecule has 1 aromatic carbocycles. The molecule has 1 aliphatic rings. The Morgan fingerprint density at radius 3 is 2.66 bits per heavy atom. The van der Waals surface area contributed by atoms with Gasteiger partial charge in [0.1, 0.15) is 11.9 Å². The number of aromatic nitrogens is 1. The summed E-state index contributed by atoms with van der Waals surface area (Å²) in [6.07, 6.45) is 3.28. The van der Waals surface area contributed by atoms with Crippen molar-refractivity contribution in [1.29, 1.82) is 0 Å². The van der Waals surface area contributed by atoms with Gasteiger partial charge in [0.25, 0.3) is 0 Å². The standard InChI is InChI=1S/C21H27FN4O4S2/c1-3-14(2)18(20(28)25-21-23-10-12-31-21)24-19(27)15-5-4-11-26(13-15)32(29,30)17-8-6-16(22)7-9-17/h6-10,12,14-15,18H,3-5,11,13H2,1-2H3,(H,24,27)(H,23,25,28)/t14-,15-,18-/m0/s1. The minimum atomic E-state index is -3.84. The van der Waals surface area contributed by atoms with E-state index < -0.39 is 27.8 Å². The molecule has 1 aliphatic heterocycles. The average Bonchev–Trinajstić information content (AvgIpc) is 3.30. The molecule has 1 aromatic heterocycles. The smallest absolute Gasteiger partial charge is 0.249 e. The highest BCUT2D eigenvalue weighted by Gasteiger charge is 2.35. The number of hydrogen-bond donors (Lipinski definition) is 2. The van der Waals surface area contributed by atoms with Crippen LogP contribution in [0.1, 0.15) is 33.1 Å². The molecule has 8 nitrogen and oxygen atoms in total. The van der Waals surface area contributed by atoms with Gasteiger partial charge in [0, 0.05) is 24.7 Å². The summed E-state index contributed by atoms with van der Waals surface area (Å²) in [5, 5.41) is 7.74. The molecule has 0 unspecified atom stereocenters. The third-order valence-corrected chi connectivity index (χ3v) is 8.23. The number of carbonyl (C=O) groups is 2. The molecule has 0 spiro atoms. The van der Waals surface area contributed by atoms with Crippen LogP contribution in [-0.2, 0) is 19.6 Å². The van der Waals surface area contributed by atoms with Gasteiger partial charge in [-0.1, -0.05) is 20.3 Å². The zero-order valence-corrected chi connectivity index (χ0v) is 19.6. The zero-order chi connectivity index (χ0) is 23.3. The second-order valence-corrected chi connectivity index (χ2v) is 10.7. The molecule has 2 amide bonds. The van der Waals surface area contributed by atoms with Gasteiger partial charge in [-0.25, -0.2) is 17.8 Å². The highest BCUT2D eigenvalue weighted by atomic mass is 32.2. The maximum absolute atomic E-state index is 13.2. The van der Waals surface area contributed by atoms with Gasteiger partial charge in [-0.05, 0) is 43.0 Å². The summed E-state index contributed by atoms with van der Waals surface area (Å²) >= 11 is 1.28. The Hall–Kier alpha value is -2.37. The number of thiazole rings is 1. The topological polar surface area (TPSA) is 108 Å². The Morgan fingerprint density at radius 2 is 2.03 bits per heavy atom. The van der Waals surface area contributed by atoms with E-state index in [0.717, 1.165) is 12.1 Å². The number of piperidine rings is 1. The van der Waals surface area contributed by atoms with Gasteiger partial charge in [-0.2, -0.15) is 4.31 Å². The van der Waals surface area contributed by atoms with Crippen molar-refractivity contribution in [3.8, 4) is 0 Å². The highest BCUT2D eigenvalue weighted by Crippen LogP contribution is 2.25. The van der Waals surface area contributed by atoms with Crippen LogP contribution >= 0.6 is 11.3 Å². The van der Waals surface area contributed by atoms with Crippen LogP contribution in [0, 0.1) is 17.7 Å². The summed E-state index contributed by atoms with van der Waals surface area (Å²) in [6.45, 7) is 4.09. The van der Waals surface area contributed by atoms with Crippen molar-refractivity contribution in [2.24, 2.45) is 11.8 Å². The Labute approximate surface area is 191 Å². The van der Waals surface area contributed by atoms with Crippen LogP contribution in [0.15, 0.2) is 40.7 Å². The first-order valence-corrected chi connectivity index (χ1v) is 12.8. The number of nitrogens with one attached hydrogen (secondary N) is 2. The van der Waals surface area contributed by atoms with Crippen LogP contribution in [-0.4, -0.2) is 48.7 Å². The molecule has 2 N–H and O–H groups in total. The Bertz CT molecular complexity index is 1030. The molecule has 11 heteroatoms. The van der Waals surface area contributed by atoms with Crippen molar-refractivity contribution < 1.29 is 22.4 Å². The van der Waals surface area contributed by atoms with E-state index in [9.17, 15) is 22.4 Å². The van der Waals surface area contributed by atoms with Gasteiger partial charge < -0.3 is 10.6 Å². The van der Waals surface area contributed by atoms with Gasteiger partial charge in [-0.15, -0.1) is 11.3 Å². The Balaban J connectivity index is 1.69. The van der Waals surface area contributed by atoms with E-state index in [4.69, 9.17) is 0 Å². The van der Waals surface area contributed by atoms with E-state index >= 15 is 0 Å². The van der Waals surface area contributed by atoms with Crippen molar-refractivity contribution in [2.75, 3.05) is 18.4 Å². The fraction of sp³-hybridized carbons (Fsp3) is 0.476. The molecule has 1 saturated heterocycles. The Morgan fingerprint density at radius 1 is 1.31 bits per heavy atom. The second-order valence-electron chi connectivity index (χ2n) is 7.85. The first-order chi connectivity index (χ1) is 15.2. The van der Waals surface area contributed by atoms with Gasteiger partial charge >= 0.3 is 0 Å². The number of rotatable bonds is 8. The summed E-state index contributed by atoms with van der Waals surface area (Å²) in [7, 11) is -3.84. The van der Waals surface area contributed by atoms with Crippen LogP contribution in [0.4, 0.5) is 9.52 Å². The largest absolute Gasteiger partial charge is 0.344 e. The van der Waals surface area contributed by atoms with Crippen LogP contribution in [0.3, 0.4) is 0 Å². The number of hydrogen-bond acceptors (Lipinski definition) is 6. The lowest BCUT2D eigenvalue weighted by Gasteiger charge is -2.32. The first kappa shape index (κ1) is 24.3. The molecule has 32 heavy (non-hydrogen) atoms. The quantitative estimate of drug-likeness (QED) is 0.602. The maximum atomic E-state index is 13.2. The fourth-order valence-corrected chi connectivity index (χ4v) is 5.63. The molecule has 2 heterocycles. The van der Waals surface area contributed by atoms with Crippen LogP contribution < -0.4 is 10.6 Å². The van der Waals surface area contributed by atoms with Crippen molar-refractivity contribution in [2.45, 2.75) is 44.0 Å². The number of halogens is 1. The molecular weight excluding hydrogens is 455 g/mol. The number of carbonyl (C=O) groups excluding carboxylic acids is 2. The van der Waals surface area contributed by atoms with E-state index in [1.54, 1.807) is 11.6 Å². The third kappa shape index (κ3) is 5.70. The number of benzene rings is 1. The normalized spacial score (nSPS) is 19.2. The molecule has 174 valence electrons. The summed E-state index contributed by atoms with van der Waals surface area (Å²) in [6, 6.07) is 3.87. The summed E-state index contributed by atoms with van der Waals surface area (Å²) in [5.41, 5.74) is 0. The molecule has 0 bridgehead atoms. The SMILES string of the molecule is CC[C@H](C)[C@H](NC(=O)[C@H]1CCCN(S(=O)(=O)c2ccc(F)cc2)C1)C(=O)Nc1nccs1. The minimum absolute atomic E-state index is 0.00681. The molecule has 3 atom stereocenters. The molecule has 2 aromatic rings. The lowest BCUT2D eigenvalue weighted by molar-refractivity contribution is -0.131. The number of anilines is 1. The second kappa shape index (κ2) is 10.5. The van der Waals surface area contributed by atoms with Crippen LogP contribution in [0.2, 0.25) is 0 Å². The van der Waals surface area contributed by atoms with Gasteiger partial charge in [0.05, 0.1) is 10.8 Å². The predicted octanol–water partition coefficient (Wildman–Crippen LogP) is 2.85. The fourth-order valence-electron chi connectivity index (χ4n) is 3.57. The van der Waals surface area contributed by atoms with Crippen LogP contribution in [0.25, 0.3) is 0 Å². The third-order valence-electron chi connectivity index (χ3n) is 5.66. The molecule has 0 radical (unpaired) electrons. The lowest BCUT2D eigenvalue weighted by Crippen LogP contribution is -2.52. The van der Waals surface area contributed by atoms with E-state index in [0.29, 0.717) is 24.4 Å². The van der Waals surface area contributed by atoms with Crippen molar-refractivity contribution in [3.63, 3.8) is 0 Å². The monoisotopic (exact) mass is 482 g/mol. The van der Waals surface area contributed by atoms with Gasteiger partial charge in [0.2, 0.25) is 21.8 Å². The number of nitrogens with zero attached hydrogens (tertiary/aromatic N) is 2. The van der Waals surface area contributed by atoms with Crippen LogP contribution in [0.5, 0.6) is 0 Å². The van der Waals surface area contributed by atoms with Crippen molar-refractivity contribution in [1.82, 2.24) is 14.6 Å². The first-order valence-electron chi connectivity index (χ1n) is 10.5. The highest BCUT2D eigenvalue weighted by molar-refractivity contribution is 7.89.